The Kier molecular flexibility index (Phi) is 3.68. The molecule has 0 saturated carbocycles. The summed E-state index contributed by atoms with van der Waals surface area (Å²) in [6.45, 7) is 0. The summed E-state index contributed by atoms with van der Waals surface area (Å²) >= 11 is 10.5. The molecule has 2 aromatic rings. The summed E-state index contributed by atoms with van der Waals surface area (Å²) in [6, 6.07) is 4.18. The van der Waals surface area contributed by atoms with Gasteiger partial charge in [-0.3, -0.25) is 9.89 Å². The molecule has 1 aromatic carbocycles. The van der Waals surface area contributed by atoms with Crippen molar-refractivity contribution in [3.05, 3.63) is 40.5 Å². The van der Waals surface area contributed by atoms with Gasteiger partial charge in [-0.1, -0.05) is 23.8 Å². The molecule has 5 N–H and O–H groups in total. The van der Waals surface area contributed by atoms with E-state index in [0.717, 1.165) is 0 Å². The van der Waals surface area contributed by atoms with Gasteiger partial charge in [-0.25, -0.2) is 0 Å². The Hall–Kier alpha value is -2.12. The average molecular weight is 297 g/mol. The molecule has 1 heterocycles. The highest BCUT2D eigenvalue weighted by atomic mass is 35.5. The molecule has 1 aromatic heterocycles. The van der Waals surface area contributed by atoms with Gasteiger partial charge < -0.3 is 16.2 Å². The molecule has 0 bridgehead atoms. The second kappa shape index (κ2) is 5.25. The van der Waals surface area contributed by atoms with Crippen LogP contribution in [0.5, 0.6) is 5.75 Å². The topological polar surface area (TPSA) is 104 Å². The van der Waals surface area contributed by atoms with Gasteiger partial charge in [0.2, 0.25) is 0 Å². The number of rotatable bonds is 3. The fourth-order valence-electron chi connectivity index (χ4n) is 1.45. The monoisotopic (exact) mass is 296 g/mol. The summed E-state index contributed by atoms with van der Waals surface area (Å²) in [5.41, 5.74) is 5.97. The Labute approximate surface area is 118 Å². The van der Waals surface area contributed by atoms with Crippen LogP contribution in [0, 0.1) is 0 Å². The summed E-state index contributed by atoms with van der Waals surface area (Å²) in [7, 11) is 0. The highest BCUT2D eigenvalue weighted by Crippen LogP contribution is 2.23. The van der Waals surface area contributed by atoms with E-state index in [1.165, 1.54) is 24.4 Å². The number of aromatic amines is 1. The zero-order valence-electron chi connectivity index (χ0n) is 9.48. The van der Waals surface area contributed by atoms with Crippen molar-refractivity contribution in [3.8, 4) is 5.75 Å². The van der Waals surface area contributed by atoms with Crippen molar-refractivity contribution in [2.45, 2.75) is 0 Å². The van der Waals surface area contributed by atoms with Gasteiger partial charge in [-0.15, -0.1) is 0 Å². The van der Waals surface area contributed by atoms with Gasteiger partial charge in [-0.05, 0) is 18.2 Å². The van der Waals surface area contributed by atoms with Crippen LogP contribution in [0.15, 0.2) is 24.4 Å². The van der Waals surface area contributed by atoms with Gasteiger partial charge >= 0.3 is 0 Å². The first kappa shape index (κ1) is 13.3. The number of anilines is 1. The van der Waals surface area contributed by atoms with Crippen LogP contribution in [0.25, 0.3) is 0 Å². The quantitative estimate of drug-likeness (QED) is 0.645. The van der Waals surface area contributed by atoms with Crippen LogP contribution in [-0.4, -0.2) is 26.2 Å². The van der Waals surface area contributed by atoms with Gasteiger partial charge in [0, 0.05) is 5.02 Å². The van der Waals surface area contributed by atoms with Gasteiger partial charge in [0.1, 0.15) is 16.6 Å². The van der Waals surface area contributed by atoms with Crippen LogP contribution in [0.2, 0.25) is 5.02 Å². The number of nitrogens with zero attached hydrogens (tertiary/aromatic N) is 1. The summed E-state index contributed by atoms with van der Waals surface area (Å²) in [6.07, 6.45) is 1.40. The van der Waals surface area contributed by atoms with Crippen molar-refractivity contribution in [1.82, 2.24) is 10.2 Å². The Morgan fingerprint density at radius 1 is 1.47 bits per heavy atom. The summed E-state index contributed by atoms with van der Waals surface area (Å²) in [5.74, 6) is -0.482. The fourth-order valence-corrected chi connectivity index (χ4v) is 1.77. The highest BCUT2D eigenvalue weighted by Gasteiger charge is 2.15. The minimum atomic E-state index is -0.532. The second-order valence-electron chi connectivity index (χ2n) is 3.64. The minimum absolute atomic E-state index is 0.0767. The number of nitrogens with two attached hydrogens (primary N) is 1. The first-order valence-corrected chi connectivity index (χ1v) is 5.90. The minimum Gasteiger partial charge on any atom is -0.507 e. The van der Waals surface area contributed by atoms with Crippen LogP contribution in [0.3, 0.4) is 0 Å². The number of carbonyl (C=O) groups excluding carboxylic acids is 1. The number of carbonyl (C=O) groups is 1. The molecule has 98 valence electrons. The number of amides is 1. The van der Waals surface area contributed by atoms with Crippen molar-refractivity contribution in [1.29, 1.82) is 0 Å². The zero-order valence-corrected chi connectivity index (χ0v) is 11.0. The molecular formula is C11H9ClN4O2S. The highest BCUT2D eigenvalue weighted by molar-refractivity contribution is 7.80. The van der Waals surface area contributed by atoms with E-state index >= 15 is 0 Å². The van der Waals surface area contributed by atoms with Crippen molar-refractivity contribution in [2.24, 2.45) is 5.73 Å². The van der Waals surface area contributed by atoms with Crippen LogP contribution in [0.1, 0.15) is 15.9 Å². The van der Waals surface area contributed by atoms with E-state index in [1.807, 2.05) is 0 Å². The number of aromatic nitrogens is 2. The Bertz CT molecular complexity index is 656. The molecule has 0 aliphatic rings. The summed E-state index contributed by atoms with van der Waals surface area (Å²) < 4.78 is 0. The standard InChI is InChI=1S/C11H9ClN4O2S/c12-5-1-2-6(8(17)3-5)11(18)15-10-7(9(13)19)4-14-16-10/h1-4,17H,(H2,13,19)(H2,14,15,16,18). The molecule has 0 aliphatic carbocycles. The lowest BCUT2D eigenvalue weighted by atomic mass is 10.2. The molecule has 0 aliphatic heterocycles. The van der Waals surface area contributed by atoms with Crippen LogP contribution >= 0.6 is 23.8 Å². The van der Waals surface area contributed by atoms with Crippen molar-refractivity contribution >= 4 is 40.5 Å². The Morgan fingerprint density at radius 2 is 2.21 bits per heavy atom. The van der Waals surface area contributed by atoms with Crippen LogP contribution < -0.4 is 11.1 Å². The number of hydrogen-bond acceptors (Lipinski definition) is 4. The predicted molar refractivity (Wildman–Crippen MR) is 75.5 cm³/mol. The largest absolute Gasteiger partial charge is 0.507 e. The van der Waals surface area contributed by atoms with E-state index in [9.17, 15) is 9.90 Å². The number of halogens is 1. The number of aromatic hydroxyl groups is 1. The van der Waals surface area contributed by atoms with Gasteiger partial charge in [-0.2, -0.15) is 5.10 Å². The van der Waals surface area contributed by atoms with Crippen molar-refractivity contribution in [3.63, 3.8) is 0 Å². The maximum Gasteiger partial charge on any atom is 0.260 e. The molecule has 0 saturated heterocycles. The number of hydrogen-bond donors (Lipinski definition) is 4. The summed E-state index contributed by atoms with van der Waals surface area (Å²) in [5, 5.41) is 18.8. The molecule has 0 unspecified atom stereocenters. The number of phenols is 1. The molecule has 2 rings (SSSR count). The van der Waals surface area contributed by atoms with E-state index in [-0.39, 0.29) is 22.1 Å². The third kappa shape index (κ3) is 2.83. The average Bonchev–Trinajstić information content (AvgIpc) is 2.76. The van der Waals surface area contributed by atoms with E-state index in [4.69, 9.17) is 29.6 Å². The lowest BCUT2D eigenvalue weighted by Gasteiger charge is -2.06. The van der Waals surface area contributed by atoms with E-state index in [0.29, 0.717) is 10.6 Å². The SMILES string of the molecule is NC(=S)c1cn[nH]c1NC(=O)c1ccc(Cl)cc1O. The van der Waals surface area contributed by atoms with Crippen molar-refractivity contribution < 1.29 is 9.90 Å². The van der Waals surface area contributed by atoms with Crippen LogP contribution in [0.4, 0.5) is 5.82 Å². The second-order valence-corrected chi connectivity index (χ2v) is 4.51. The van der Waals surface area contributed by atoms with E-state index in [2.05, 4.69) is 15.5 Å². The first-order chi connectivity index (χ1) is 8.99. The fraction of sp³-hybridized carbons (Fsp3) is 0. The first-order valence-electron chi connectivity index (χ1n) is 5.12. The lowest BCUT2D eigenvalue weighted by Crippen LogP contribution is -2.17. The molecule has 1 amide bonds. The molecular weight excluding hydrogens is 288 g/mol. The van der Waals surface area contributed by atoms with Gasteiger partial charge in [0.15, 0.2) is 0 Å². The Morgan fingerprint density at radius 3 is 2.84 bits per heavy atom. The third-order valence-electron chi connectivity index (χ3n) is 2.35. The number of H-pyrrole nitrogens is 1. The normalized spacial score (nSPS) is 10.2. The van der Waals surface area contributed by atoms with Crippen LogP contribution in [-0.2, 0) is 0 Å². The molecule has 19 heavy (non-hydrogen) atoms. The van der Waals surface area contributed by atoms with Gasteiger partial charge in [0.05, 0.1) is 17.3 Å². The maximum absolute atomic E-state index is 12.0. The van der Waals surface area contributed by atoms with Gasteiger partial charge in [0.25, 0.3) is 5.91 Å². The molecule has 8 heteroatoms. The predicted octanol–water partition coefficient (Wildman–Crippen LogP) is 1.66. The van der Waals surface area contributed by atoms with E-state index in [1.54, 1.807) is 0 Å². The molecule has 0 radical (unpaired) electrons. The Balaban J connectivity index is 2.26. The molecule has 0 spiro atoms. The maximum atomic E-state index is 12.0. The smallest absolute Gasteiger partial charge is 0.260 e. The van der Waals surface area contributed by atoms with E-state index < -0.39 is 5.91 Å². The van der Waals surface area contributed by atoms with Crippen molar-refractivity contribution in [2.75, 3.05) is 5.32 Å². The number of nitrogens with one attached hydrogen (secondary N) is 2. The number of benzene rings is 1. The summed E-state index contributed by atoms with van der Waals surface area (Å²) in [4.78, 5) is 12.1. The number of phenolic OH excluding ortho intramolecular Hbond substituents is 1. The zero-order chi connectivity index (χ0) is 14.0. The molecule has 0 fully saturated rings. The lowest BCUT2D eigenvalue weighted by molar-refractivity contribution is 0.102. The number of thiocarbonyl (C=S) groups is 1. The molecule has 0 atom stereocenters. The third-order valence-corrected chi connectivity index (χ3v) is 2.80. The molecule has 6 nitrogen and oxygen atoms in total.